The zero-order valence-corrected chi connectivity index (χ0v) is 9.44. The maximum absolute atomic E-state index is 8.98. The summed E-state index contributed by atoms with van der Waals surface area (Å²) in [7, 11) is 0. The van der Waals surface area contributed by atoms with Gasteiger partial charge in [-0.3, -0.25) is 4.68 Å². The number of aliphatic hydroxyl groups excluding tert-OH is 1. The molecule has 0 aromatic carbocycles. The molecule has 0 radical (unpaired) electrons. The van der Waals surface area contributed by atoms with E-state index in [1.165, 1.54) is 0 Å². The fraction of sp³-hybridized carbons (Fsp3) is 0.273. The number of rotatable bonds is 4. The molecule has 0 amide bonds. The van der Waals surface area contributed by atoms with E-state index in [2.05, 4.69) is 11.2 Å². The lowest BCUT2D eigenvalue weighted by Crippen LogP contribution is -1.95. The first kappa shape index (κ1) is 10.9. The number of hydrogen-bond acceptors (Lipinski definition) is 4. The zero-order valence-electron chi connectivity index (χ0n) is 8.63. The molecule has 0 unspecified atom stereocenters. The number of hydrogen-bond donors (Lipinski definition) is 1. The molecular weight excluding hydrogens is 222 g/mol. The minimum absolute atomic E-state index is 0.0939. The minimum atomic E-state index is 0.0939. The molecule has 0 saturated carbocycles. The summed E-state index contributed by atoms with van der Waals surface area (Å²) in [5.74, 6) is 0. The molecule has 0 saturated heterocycles. The fourth-order valence-corrected chi connectivity index (χ4v) is 2.28. The van der Waals surface area contributed by atoms with Gasteiger partial charge in [-0.2, -0.15) is 10.4 Å². The van der Waals surface area contributed by atoms with E-state index in [0.29, 0.717) is 6.42 Å². The van der Waals surface area contributed by atoms with Crippen molar-refractivity contribution in [2.24, 2.45) is 0 Å². The average molecular weight is 233 g/mol. The molecular formula is C11H11N3OS. The number of aliphatic hydroxyl groups is 1. The highest BCUT2D eigenvalue weighted by atomic mass is 32.1. The highest BCUT2D eigenvalue weighted by Gasteiger charge is 2.11. The van der Waals surface area contributed by atoms with Crippen molar-refractivity contribution in [2.75, 3.05) is 6.61 Å². The molecule has 2 aromatic rings. The first-order chi connectivity index (χ1) is 7.85. The van der Waals surface area contributed by atoms with Crippen LogP contribution in [0.5, 0.6) is 0 Å². The Morgan fingerprint density at radius 2 is 2.44 bits per heavy atom. The van der Waals surface area contributed by atoms with Crippen LogP contribution in [-0.4, -0.2) is 21.5 Å². The van der Waals surface area contributed by atoms with Gasteiger partial charge in [-0.05, 0) is 17.9 Å². The molecule has 0 bridgehead atoms. The molecule has 16 heavy (non-hydrogen) atoms. The maximum atomic E-state index is 8.98. The largest absolute Gasteiger partial charge is 0.396 e. The van der Waals surface area contributed by atoms with Crippen molar-refractivity contribution in [3.05, 3.63) is 29.3 Å². The van der Waals surface area contributed by atoms with Gasteiger partial charge in [0.2, 0.25) is 0 Å². The smallest absolute Gasteiger partial charge is 0.128 e. The summed E-state index contributed by atoms with van der Waals surface area (Å²) in [6.07, 6.45) is 2.40. The number of nitrogens with zero attached hydrogens (tertiary/aromatic N) is 3. The van der Waals surface area contributed by atoms with Crippen molar-refractivity contribution in [3.63, 3.8) is 0 Å². The van der Waals surface area contributed by atoms with E-state index in [1.54, 1.807) is 16.0 Å². The molecule has 2 aromatic heterocycles. The summed E-state index contributed by atoms with van der Waals surface area (Å²) in [6.45, 7) is 0.334. The zero-order chi connectivity index (χ0) is 11.4. The van der Waals surface area contributed by atoms with Gasteiger partial charge in [-0.25, -0.2) is 0 Å². The topological polar surface area (TPSA) is 61.8 Å². The van der Waals surface area contributed by atoms with Crippen LogP contribution in [0, 0.1) is 11.3 Å². The van der Waals surface area contributed by atoms with Crippen LogP contribution in [-0.2, 0) is 13.0 Å². The van der Waals surface area contributed by atoms with Gasteiger partial charge in [0.1, 0.15) is 12.2 Å². The van der Waals surface area contributed by atoms with Gasteiger partial charge in [-0.1, -0.05) is 6.07 Å². The molecule has 0 atom stereocenters. The van der Waals surface area contributed by atoms with Crippen LogP contribution >= 0.6 is 11.3 Å². The van der Waals surface area contributed by atoms with Crippen LogP contribution in [0.2, 0.25) is 0 Å². The van der Waals surface area contributed by atoms with Gasteiger partial charge >= 0.3 is 0 Å². The Bertz CT molecular complexity index is 496. The van der Waals surface area contributed by atoms with Crippen LogP contribution in [0.4, 0.5) is 0 Å². The highest BCUT2D eigenvalue weighted by Crippen LogP contribution is 2.26. The van der Waals surface area contributed by atoms with E-state index in [9.17, 15) is 0 Å². The second-order valence-corrected chi connectivity index (χ2v) is 4.26. The molecule has 4 nitrogen and oxygen atoms in total. The van der Waals surface area contributed by atoms with Gasteiger partial charge in [0.15, 0.2) is 0 Å². The fourth-order valence-electron chi connectivity index (χ4n) is 1.54. The standard InChI is InChI=1S/C11H11N3OS/c12-4-5-14-8-9(3-6-15)11(13-14)10-2-1-7-16-10/h1-2,7-8,15H,3,5-6H2. The van der Waals surface area contributed by atoms with E-state index < -0.39 is 0 Å². The molecule has 2 rings (SSSR count). The summed E-state index contributed by atoms with van der Waals surface area (Å²) >= 11 is 1.61. The van der Waals surface area contributed by atoms with Crippen LogP contribution in [0.3, 0.4) is 0 Å². The highest BCUT2D eigenvalue weighted by molar-refractivity contribution is 7.13. The molecule has 0 aliphatic carbocycles. The van der Waals surface area contributed by atoms with Gasteiger partial charge in [-0.15, -0.1) is 11.3 Å². The van der Waals surface area contributed by atoms with E-state index in [-0.39, 0.29) is 13.2 Å². The first-order valence-corrected chi connectivity index (χ1v) is 5.81. The molecule has 0 spiro atoms. The third-order valence-electron chi connectivity index (χ3n) is 2.21. The SMILES string of the molecule is N#CCn1cc(CCO)c(-c2cccs2)n1. The van der Waals surface area contributed by atoms with Crippen LogP contribution < -0.4 is 0 Å². The van der Waals surface area contributed by atoms with Crippen molar-refractivity contribution in [1.82, 2.24) is 9.78 Å². The van der Waals surface area contributed by atoms with Crippen molar-refractivity contribution < 1.29 is 5.11 Å². The maximum Gasteiger partial charge on any atom is 0.128 e. The molecule has 2 heterocycles. The van der Waals surface area contributed by atoms with Crippen molar-refractivity contribution in [2.45, 2.75) is 13.0 Å². The molecule has 0 fully saturated rings. The average Bonchev–Trinajstić information content (AvgIpc) is 2.87. The second-order valence-electron chi connectivity index (χ2n) is 3.31. The van der Waals surface area contributed by atoms with E-state index in [0.717, 1.165) is 16.1 Å². The molecule has 82 valence electrons. The second kappa shape index (κ2) is 4.92. The molecule has 0 aliphatic heterocycles. The Hall–Kier alpha value is -1.64. The minimum Gasteiger partial charge on any atom is -0.396 e. The molecule has 5 heteroatoms. The van der Waals surface area contributed by atoms with Gasteiger partial charge in [0.05, 0.1) is 10.9 Å². The summed E-state index contributed by atoms with van der Waals surface area (Å²) in [6, 6.07) is 6.01. The Morgan fingerprint density at radius 3 is 3.06 bits per heavy atom. The molecule has 1 N–H and O–H groups in total. The monoisotopic (exact) mass is 233 g/mol. The summed E-state index contributed by atoms with van der Waals surface area (Å²) in [4.78, 5) is 1.07. The molecule has 0 aliphatic rings. The Morgan fingerprint density at radius 1 is 1.56 bits per heavy atom. The predicted octanol–water partition coefficient (Wildman–Crippen LogP) is 1.67. The van der Waals surface area contributed by atoms with E-state index in [1.807, 2.05) is 23.7 Å². The third-order valence-corrected chi connectivity index (χ3v) is 3.08. The lowest BCUT2D eigenvalue weighted by atomic mass is 10.2. The summed E-state index contributed by atoms with van der Waals surface area (Å²) in [5.41, 5.74) is 1.86. The van der Waals surface area contributed by atoms with Crippen molar-refractivity contribution in [1.29, 1.82) is 5.26 Å². The summed E-state index contributed by atoms with van der Waals surface area (Å²) in [5, 5.41) is 23.9. The summed E-state index contributed by atoms with van der Waals surface area (Å²) < 4.78 is 1.61. The first-order valence-electron chi connectivity index (χ1n) is 4.93. The van der Waals surface area contributed by atoms with Crippen LogP contribution in [0.25, 0.3) is 10.6 Å². The number of thiophene rings is 1. The Balaban J connectivity index is 2.38. The van der Waals surface area contributed by atoms with Gasteiger partial charge < -0.3 is 5.11 Å². The van der Waals surface area contributed by atoms with E-state index in [4.69, 9.17) is 10.4 Å². The third kappa shape index (κ3) is 2.13. The quantitative estimate of drug-likeness (QED) is 0.873. The lowest BCUT2D eigenvalue weighted by molar-refractivity contribution is 0.299. The van der Waals surface area contributed by atoms with E-state index >= 15 is 0 Å². The predicted molar refractivity (Wildman–Crippen MR) is 61.9 cm³/mol. The Kier molecular flexibility index (Phi) is 3.34. The van der Waals surface area contributed by atoms with Gasteiger partial charge in [0, 0.05) is 18.4 Å². The van der Waals surface area contributed by atoms with Crippen molar-refractivity contribution >= 4 is 11.3 Å². The normalized spacial score (nSPS) is 10.2. The Labute approximate surface area is 97.4 Å². The van der Waals surface area contributed by atoms with Crippen molar-refractivity contribution in [3.8, 4) is 16.6 Å². The van der Waals surface area contributed by atoms with Gasteiger partial charge in [0.25, 0.3) is 0 Å². The lowest BCUT2D eigenvalue weighted by Gasteiger charge is -1.95. The number of aromatic nitrogens is 2. The van der Waals surface area contributed by atoms with Crippen LogP contribution in [0.15, 0.2) is 23.7 Å². The number of nitriles is 1. The van der Waals surface area contributed by atoms with Crippen LogP contribution in [0.1, 0.15) is 5.56 Å².